The fourth-order valence-electron chi connectivity index (χ4n) is 10.7. The number of unbranched alkanes of at least 4 members (excludes halogenated alkanes) is 45. The molecule has 0 spiro atoms. The third-order valence-electron chi connectivity index (χ3n) is 16.2. The van der Waals surface area contributed by atoms with Gasteiger partial charge < -0.3 is 19.8 Å². The Morgan fingerprint density at radius 1 is 0.415 bits per heavy atom. The summed E-state index contributed by atoms with van der Waals surface area (Å²) in [5, 5.41) is 14.0. The van der Waals surface area contributed by atoms with Crippen molar-refractivity contribution in [3.8, 4) is 0 Å². The van der Waals surface area contributed by atoms with Gasteiger partial charge in [0.1, 0.15) is 13.2 Å². The number of aliphatic hydroxyl groups is 1. The number of phosphoric acid groups is 1. The van der Waals surface area contributed by atoms with E-state index in [0.717, 1.165) is 51.4 Å². The molecule has 0 aliphatic rings. The first-order valence-electron chi connectivity index (χ1n) is 35.7. The molecule has 0 aromatic rings. The van der Waals surface area contributed by atoms with Crippen LogP contribution in [0.25, 0.3) is 0 Å². The Kier molecular flexibility index (Phi) is 62.3. The summed E-state index contributed by atoms with van der Waals surface area (Å²) in [5.41, 5.74) is 0. The summed E-state index contributed by atoms with van der Waals surface area (Å²) in [5.74, 6) is -0.181. The lowest BCUT2D eigenvalue weighted by Gasteiger charge is -2.25. The molecule has 3 N–H and O–H groups in total. The van der Waals surface area contributed by atoms with Crippen LogP contribution in [0.1, 0.15) is 348 Å². The van der Waals surface area contributed by atoms with Crippen LogP contribution in [0.5, 0.6) is 0 Å². The summed E-state index contributed by atoms with van der Waals surface area (Å²) in [7, 11) is 1.57. The molecule has 0 heterocycles. The van der Waals surface area contributed by atoms with Crippen molar-refractivity contribution in [2.75, 3.05) is 40.9 Å². The van der Waals surface area contributed by atoms with Gasteiger partial charge in [-0.2, -0.15) is 0 Å². The number of phosphoric ester groups is 1. The van der Waals surface area contributed by atoms with Crippen LogP contribution in [-0.2, 0) is 18.4 Å². The maximum Gasteiger partial charge on any atom is 0.472 e. The monoisotopic (exact) mass is 1170 g/mol. The first-order valence-corrected chi connectivity index (χ1v) is 37.2. The predicted octanol–water partition coefficient (Wildman–Crippen LogP) is 22.8. The van der Waals surface area contributed by atoms with Gasteiger partial charge in [0, 0.05) is 6.42 Å². The average Bonchev–Trinajstić information content (AvgIpc) is 3.46. The molecule has 8 nitrogen and oxygen atoms in total. The normalized spacial score (nSPS) is 14.0. The average molecular weight is 1170 g/mol. The third kappa shape index (κ3) is 65.7. The van der Waals surface area contributed by atoms with E-state index in [9.17, 15) is 19.4 Å². The van der Waals surface area contributed by atoms with E-state index in [2.05, 4.69) is 67.8 Å². The fraction of sp³-hybridized carbons (Fsp3) is 0.849. The first kappa shape index (κ1) is 80.2. The second-order valence-electron chi connectivity index (χ2n) is 25.6. The quantitative estimate of drug-likeness (QED) is 0.0243. The van der Waals surface area contributed by atoms with Crippen molar-refractivity contribution in [3.63, 3.8) is 0 Å². The van der Waals surface area contributed by atoms with Crippen molar-refractivity contribution in [3.05, 3.63) is 60.8 Å². The Morgan fingerprint density at radius 3 is 1.06 bits per heavy atom. The van der Waals surface area contributed by atoms with E-state index < -0.39 is 20.0 Å². The van der Waals surface area contributed by atoms with Crippen LogP contribution >= 0.6 is 7.82 Å². The molecule has 0 aromatic heterocycles. The molecular weight excluding hydrogens is 1030 g/mol. The second-order valence-corrected chi connectivity index (χ2v) is 27.1. The Balaban J connectivity index is 3.98. The molecule has 1 amide bonds. The SMILES string of the molecule is CCCCCCC/C=C\C/C=C\C/C=C\CCCCCCCCCCCCCCCCCCCCCCCCCCC(=O)NC(COP(=O)(O)OCC[N+](C)(C)C)C(O)/C=C/CC/C=C/CCCCCCCCCCCCCCCCC. The minimum atomic E-state index is -4.36. The van der Waals surface area contributed by atoms with Gasteiger partial charge in [-0.25, -0.2) is 4.57 Å². The highest BCUT2D eigenvalue weighted by Crippen LogP contribution is 2.43. The number of hydrogen-bond donors (Lipinski definition) is 3. The van der Waals surface area contributed by atoms with Gasteiger partial charge in [0.2, 0.25) is 5.91 Å². The maximum atomic E-state index is 13.0. The number of carbonyl (C=O) groups is 1. The predicted molar refractivity (Wildman–Crippen MR) is 360 cm³/mol. The summed E-state index contributed by atoms with van der Waals surface area (Å²) >= 11 is 0. The van der Waals surface area contributed by atoms with Gasteiger partial charge in [-0.1, -0.05) is 331 Å². The number of carbonyl (C=O) groups excluding carboxylic acids is 1. The van der Waals surface area contributed by atoms with Crippen molar-refractivity contribution >= 4 is 13.7 Å². The van der Waals surface area contributed by atoms with Crippen molar-refractivity contribution in [2.24, 2.45) is 0 Å². The Labute approximate surface area is 511 Å². The van der Waals surface area contributed by atoms with Gasteiger partial charge >= 0.3 is 7.82 Å². The number of likely N-dealkylation sites (N-methyl/N-ethyl adjacent to an activating group) is 1. The van der Waals surface area contributed by atoms with Gasteiger partial charge in [-0.15, -0.1) is 0 Å². The summed E-state index contributed by atoms with van der Waals surface area (Å²) in [4.78, 5) is 23.4. The molecular formula is C73H140N2O6P+. The zero-order valence-corrected chi connectivity index (χ0v) is 56.1. The van der Waals surface area contributed by atoms with Gasteiger partial charge in [0.05, 0.1) is 39.9 Å². The topological polar surface area (TPSA) is 105 Å². The molecule has 0 bridgehead atoms. The molecule has 0 saturated carbocycles. The number of aliphatic hydroxyl groups excluding tert-OH is 1. The first-order chi connectivity index (χ1) is 40.0. The molecule has 482 valence electrons. The van der Waals surface area contributed by atoms with E-state index in [1.807, 2.05) is 27.2 Å². The molecule has 3 unspecified atom stereocenters. The molecule has 0 rings (SSSR count). The van der Waals surface area contributed by atoms with Crippen molar-refractivity contribution < 1.29 is 32.9 Å². The van der Waals surface area contributed by atoms with Crippen LogP contribution in [0.4, 0.5) is 0 Å². The molecule has 3 atom stereocenters. The van der Waals surface area contributed by atoms with E-state index in [0.29, 0.717) is 17.4 Å². The summed E-state index contributed by atoms with van der Waals surface area (Å²) in [6.45, 7) is 4.83. The highest BCUT2D eigenvalue weighted by molar-refractivity contribution is 7.47. The lowest BCUT2D eigenvalue weighted by atomic mass is 10.0. The zero-order chi connectivity index (χ0) is 59.8. The lowest BCUT2D eigenvalue weighted by Crippen LogP contribution is -2.45. The Bertz CT molecular complexity index is 1520. The number of rotatable bonds is 66. The number of amides is 1. The molecule has 0 fully saturated rings. The number of quaternary nitrogens is 1. The zero-order valence-electron chi connectivity index (χ0n) is 55.2. The third-order valence-corrected chi connectivity index (χ3v) is 17.2. The van der Waals surface area contributed by atoms with Gasteiger partial charge in [-0.05, 0) is 70.6 Å². The number of nitrogens with zero attached hydrogens (tertiary/aromatic N) is 1. The Hall–Kier alpha value is -1.80. The second kappa shape index (κ2) is 63.7. The molecule has 82 heavy (non-hydrogen) atoms. The fourth-order valence-corrected chi connectivity index (χ4v) is 11.4. The van der Waals surface area contributed by atoms with Gasteiger partial charge in [0.25, 0.3) is 0 Å². The Morgan fingerprint density at radius 2 is 0.707 bits per heavy atom. The summed E-state index contributed by atoms with van der Waals surface area (Å²) < 4.78 is 23.8. The smallest absolute Gasteiger partial charge is 0.387 e. The highest BCUT2D eigenvalue weighted by Gasteiger charge is 2.28. The number of allylic oxidation sites excluding steroid dienone is 9. The number of nitrogens with one attached hydrogen (secondary N) is 1. The van der Waals surface area contributed by atoms with Crippen molar-refractivity contribution in [1.29, 1.82) is 0 Å². The van der Waals surface area contributed by atoms with E-state index in [1.54, 1.807) is 6.08 Å². The van der Waals surface area contributed by atoms with Crippen molar-refractivity contribution in [2.45, 2.75) is 360 Å². The van der Waals surface area contributed by atoms with Crippen LogP contribution in [0.2, 0.25) is 0 Å². The lowest BCUT2D eigenvalue weighted by molar-refractivity contribution is -0.870. The molecule has 0 radical (unpaired) electrons. The van der Waals surface area contributed by atoms with Crippen LogP contribution in [-0.4, -0.2) is 73.4 Å². The largest absolute Gasteiger partial charge is 0.472 e. The highest BCUT2D eigenvalue weighted by atomic mass is 31.2. The number of hydrogen-bond acceptors (Lipinski definition) is 5. The molecule has 0 aliphatic heterocycles. The van der Waals surface area contributed by atoms with Crippen LogP contribution in [0, 0.1) is 0 Å². The van der Waals surface area contributed by atoms with E-state index in [1.165, 1.54) is 276 Å². The summed E-state index contributed by atoms with van der Waals surface area (Å²) in [6, 6.07) is -0.864. The van der Waals surface area contributed by atoms with Crippen LogP contribution in [0.15, 0.2) is 60.8 Å². The maximum absolute atomic E-state index is 13.0. The van der Waals surface area contributed by atoms with E-state index in [-0.39, 0.29) is 19.1 Å². The van der Waals surface area contributed by atoms with Crippen LogP contribution in [0.3, 0.4) is 0 Å². The summed E-state index contributed by atoms with van der Waals surface area (Å²) in [6.07, 6.45) is 88.1. The minimum Gasteiger partial charge on any atom is -0.387 e. The van der Waals surface area contributed by atoms with E-state index in [4.69, 9.17) is 9.05 Å². The van der Waals surface area contributed by atoms with E-state index >= 15 is 0 Å². The molecule has 0 aliphatic carbocycles. The molecule has 9 heteroatoms. The molecule has 0 saturated heterocycles. The van der Waals surface area contributed by atoms with Gasteiger partial charge in [0.15, 0.2) is 0 Å². The standard InChI is InChI=1S/C73H139N2O6P/c1-6-8-10-12-14-16-18-20-22-24-26-28-29-30-31-32-33-34-35-36-37-38-39-40-41-42-43-44-45-47-49-51-53-55-57-59-61-63-65-67-73(77)74-71(70-81-82(78,79)80-69-68-75(3,4)5)72(76)66-64-62-60-58-56-54-52-50-48-46-27-25-23-21-19-17-15-13-11-9-7-2/h18,20,24,26,29-30,56,58,64,66,71-72,76H,6-17,19,21-23,25,27-28,31-55,57,59-63,65,67-70H2,1-5H3,(H-,74,77,78,79)/p+1/b20-18-,26-24-,30-29-,58-56+,66-64+. The van der Waals surface area contributed by atoms with Crippen molar-refractivity contribution in [1.82, 2.24) is 5.32 Å². The minimum absolute atomic E-state index is 0.0570. The molecule has 0 aromatic carbocycles. The van der Waals surface area contributed by atoms with Gasteiger partial charge in [-0.3, -0.25) is 13.8 Å². The van der Waals surface area contributed by atoms with Crippen LogP contribution < -0.4 is 5.32 Å².